The van der Waals surface area contributed by atoms with Crippen LogP contribution in [0.1, 0.15) is 180 Å². The quantitative estimate of drug-likeness (QED) is 0.0142. The fraction of sp³-hybridized carbons (Fsp3) is 0.500. The van der Waals surface area contributed by atoms with E-state index in [-0.39, 0.29) is 75.3 Å². The maximum atomic E-state index is 14.9. The second-order valence-electron chi connectivity index (χ2n) is 36.4. The molecule has 5 aliphatic rings. The summed E-state index contributed by atoms with van der Waals surface area (Å²) in [6, 6.07) is 18.8. The van der Waals surface area contributed by atoms with Gasteiger partial charge >= 0.3 is 0 Å². The summed E-state index contributed by atoms with van der Waals surface area (Å²) in [5.74, 6) is -9.09. The lowest BCUT2D eigenvalue weighted by molar-refractivity contribution is -0.144. The number of nitrogens with two attached hydrogens (primary N) is 2. The van der Waals surface area contributed by atoms with Crippen molar-refractivity contribution in [3.8, 4) is 5.75 Å². The fourth-order valence-corrected chi connectivity index (χ4v) is 19.0. The average molecular weight is 1830 g/mol. The minimum Gasteiger partial charge on any atom is -0.508 e. The predicted octanol–water partition coefficient (Wildman–Crippen LogP) is 6.66. The first kappa shape index (κ1) is 103. The van der Waals surface area contributed by atoms with Crippen LogP contribution < -0.4 is 59.3 Å². The number of aromatic hydroxyl groups is 1. The molecule has 1 saturated heterocycles. The van der Waals surface area contributed by atoms with E-state index in [9.17, 15) is 72.9 Å². The normalized spacial score (nSPS) is 20.9. The summed E-state index contributed by atoms with van der Waals surface area (Å²) < 4.78 is 0. The molecule has 12 amide bonds. The topological polar surface area (TPSA) is 495 Å². The molecule has 4 aliphatic carbocycles. The molecule has 3 fully saturated rings. The molecule has 706 valence electrons. The summed E-state index contributed by atoms with van der Waals surface area (Å²) in [7, 11) is 1.18. The highest BCUT2D eigenvalue weighted by Gasteiger charge is 2.57. The number of rotatable bonds is 39. The number of phenolic OH excluding ortho intramolecular Hbond substituents is 1. The number of pyridine rings is 2. The van der Waals surface area contributed by atoms with Crippen LogP contribution in [0.4, 0.5) is 0 Å². The van der Waals surface area contributed by atoms with Crippen LogP contribution in [0, 0.1) is 34.5 Å². The third kappa shape index (κ3) is 29.0. The van der Waals surface area contributed by atoms with Gasteiger partial charge in [-0.15, -0.1) is 0 Å². The zero-order chi connectivity index (χ0) is 95.6. The SMILES string of the molecule is CC(=O)N[C@H](Cc1ccc2ccccc2c1)C(=O)N[C@H](Cc1ccc(Cl)cc1)C(=O)N[C@H](Cc1cccnc1)C(=O)N[C@@H](CO)C(=O)N(C)[C@@H](Cc1ccc(O)cc1)C(=O)N[C@H](CC(N)=O)C(=O)N[C@@H](CC(C)C)C(=O)N[C@@H](CCCCNC(C)C)C(=O)N1CCC[C@H]1C(=O)N[C@H](C)C(N)=O.CC(=O)O.C[C@]12CC[C@H](O)CC1=CC[C@@H]1[C@@H]2CC[C@]2(C)C(c3cccnc3)=CC[C@@H]12. The van der Waals surface area contributed by atoms with Gasteiger partial charge in [-0.25, -0.2) is 0 Å². The smallest absolute Gasteiger partial charge is 0.300 e. The minimum atomic E-state index is -1.85. The van der Waals surface area contributed by atoms with Gasteiger partial charge in [-0.1, -0.05) is 150 Å². The van der Waals surface area contributed by atoms with Crippen LogP contribution in [0.2, 0.25) is 5.02 Å². The van der Waals surface area contributed by atoms with Crippen LogP contribution in [0.5, 0.6) is 5.75 Å². The molecule has 33 heteroatoms. The highest BCUT2D eigenvalue weighted by atomic mass is 35.5. The Hall–Kier alpha value is -12.0. The van der Waals surface area contributed by atoms with Crippen LogP contribution in [0.3, 0.4) is 0 Å². The predicted molar refractivity (Wildman–Crippen MR) is 496 cm³/mol. The Morgan fingerprint density at radius 2 is 1.15 bits per heavy atom. The molecule has 17 N–H and O–H groups in total. The first-order valence-corrected chi connectivity index (χ1v) is 45.6. The van der Waals surface area contributed by atoms with Crippen molar-refractivity contribution in [3.63, 3.8) is 0 Å². The van der Waals surface area contributed by atoms with Gasteiger partial charge in [0.15, 0.2) is 0 Å². The van der Waals surface area contributed by atoms with Crippen molar-refractivity contribution in [1.29, 1.82) is 0 Å². The zero-order valence-electron chi connectivity index (χ0n) is 76.4. The lowest BCUT2D eigenvalue weighted by atomic mass is 9.47. The summed E-state index contributed by atoms with van der Waals surface area (Å²) in [4.78, 5) is 188. The molecular weight excluding hydrogens is 1690 g/mol. The summed E-state index contributed by atoms with van der Waals surface area (Å²) in [5, 5.41) is 65.5. The van der Waals surface area contributed by atoms with E-state index in [1.54, 1.807) is 61.4 Å². The van der Waals surface area contributed by atoms with E-state index in [1.807, 2.05) is 68.7 Å². The molecule has 1 aliphatic heterocycles. The molecule has 2 saturated carbocycles. The number of aromatic nitrogens is 2. The molecule has 11 rings (SSSR count). The van der Waals surface area contributed by atoms with E-state index < -0.39 is 150 Å². The number of nitrogens with zero attached hydrogens (tertiary/aromatic N) is 4. The number of carbonyl (C=O) groups excluding carboxylic acids is 12. The van der Waals surface area contributed by atoms with Crippen molar-refractivity contribution in [2.75, 3.05) is 26.7 Å². The number of carboxylic acids is 1. The number of fused-ring (bicyclic) bond motifs is 6. The number of unbranched alkanes of at least 4 members (excludes halogenated alkanes) is 1. The number of benzene rings is 4. The second kappa shape index (κ2) is 48.2. The molecule has 0 bridgehead atoms. The van der Waals surface area contributed by atoms with Gasteiger partial charge in [-0.3, -0.25) is 72.3 Å². The maximum absolute atomic E-state index is 14.9. The largest absolute Gasteiger partial charge is 0.508 e. The number of likely N-dealkylation sites (tertiary alicyclic amines) is 1. The molecular formula is C98H130ClN15O17. The van der Waals surface area contributed by atoms with Crippen molar-refractivity contribution < 1.29 is 82.8 Å². The van der Waals surface area contributed by atoms with Crippen molar-refractivity contribution >= 4 is 105 Å². The summed E-state index contributed by atoms with van der Waals surface area (Å²) in [6.07, 6.45) is 20.2. The fourth-order valence-electron chi connectivity index (χ4n) is 18.9. The third-order valence-electron chi connectivity index (χ3n) is 25.7. The van der Waals surface area contributed by atoms with Gasteiger partial charge < -0.3 is 89.5 Å². The highest BCUT2D eigenvalue weighted by Crippen LogP contribution is 2.66. The lowest BCUT2D eigenvalue weighted by Crippen LogP contribution is -2.62. The van der Waals surface area contributed by atoms with E-state index in [2.05, 4.69) is 96.0 Å². The first-order chi connectivity index (χ1) is 62.2. The number of hydrogen-bond acceptors (Lipinski definition) is 19. The number of halogens is 1. The number of carboxylic acid groups (broad SMARTS) is 1. The van der Waals surface area contributed by atoms with Crippen LogP contribution in [-0.2, 0) is 88.0 Å². The van der Waals surface area contributed by atoms with E-state index in [1.165, 1.54) is 100 Å². The summed E-state index contributed by atoms with van der Waals surface area (Å²) in [6.45, 7) is 15.9. The van der Waals surface area contributed by atoms with Gasteiger partial charge in [0.2, 0.25) is 70.9 Å². The van der Waals surface area contributed by atoms with Gasteiger partial charge in [0.05, 0.1) is 19.1 Å². The molecule has 4 aromatic carbocycles. The number of aliphatic hydroxyl groups is 2. The van der Waals surface area contributed by atoms with Gasteiger partial charge in [-0.2, -0.15) is 0 Å². The monoisotopic (exact) mass is 1820 g/mol. The van der Waals surface area contributed by atoms with Crippen molar-refractivity contribution in [3.05, 3.63) is 191 Å². The molecule has 2 aromatic heterocycles. The van der Waals surface area contributed by atoms with Crippen LogP contribution in [-0.4, -0.2) is 216 Å². The molecule has 32 nitrogen and oxygen atoms in total. The number of carbonyl (C=O) groups is 13. The molecule has 16 atom stereocenters. The molecule has 0 unspecified atom stereocenters. The number of phenols is 1. The van der Waals surface area contributed by atoms with Crippen molar-refractivity contribution in [2.45, 2.75) is 250 Å². The molecule has 6 aromatic rings. The highest BCUT2D eigenvalue weighted by molar-refractivity contribution is 6.30. The second-order valence-corrected chi connectivity index (χ2v) is 36.8. The number of primary amides is 2. The Labute approximate surface area is 770 Å². The maximum Gasteiger partial charge on any atom is 0.300 e. The molecule has 3 heterocycles. The number of likely N-dealkylation sites (N-methyl/N-ethyl adjacent to an activating group) is 1. The van der Waals surface area contributed by atoms with E-state index in [0.29, 0.717) is 63.9 Å². The van der Waals surface area contributed by atoms with Gasteiger partial charge in [0.25, 0.3) is 5.97 Å². The third-order valence-corrected chi connectivity index (χ3v) is 26.0. The van der Waals surface area contributed by atoms with Gasteiger partial charge in [0, 0.05) is 89.0 Å². The van der Waals surface area contributed by atoms with Gasteiger partial charge in [-0.05, 0) is 212 Å². The Morgan fingerprint density at radius 3 is 1.76 bits per heavy atom. The van der Waals surface area contributed by atoms with E-state index in [0.717, 1.165) is 53.2 Å². The number of aliphatic carboxylic acids is 1. The summed E-state index contributed by atoms with van der Waals surface area (Å²) >= 11 is 6.23. The van der Waals surface area contributed by atoms with Crippen molar-refractivity contribution in [1.82, 2.24) is 67.6 Å². The minimum absolute atomic E-state index is 0.0240. The first-order valence-electron chi connectivity index (χ1n) is 45.2. The number of hydrogen-bond donors (Lipinski definition) is 15. The number of nitrogens with one attached hydrogen (secondary N) is 9. The van der Waals surface area contributed by atoms with Crippen LogP contribution >= 0.6 is 11.6 Å². The van der Waals surface area contributed by atoms with Crippen LogP contribution in [0.25, 0.3) is 16.3 Å². The van der Waals surface area contributed by atoms with Crippen molar-refractivity contribution in [2.24, 2.45) is 46.0 Å². The van der Waals surface area contributed by atoms with E-state index >= 15 is 0 Å². The molecule has 0 spiro atoms. The van der Waals surface area contributed by atoms with Crippen LogP contribution in [0.15, 0.2) is 158 Å². The van der Waals surface area contributed by atoms with E-state index in [4.69, 9.17) is 33.0 Å². The standard InChI is InChI=1S/C72H95ClN14O14.C24H31NO.C2H4O2/c1-41(2)32-54(64(93)80-53(17-10-11-30-77-42(3)4)72(101)87-31-13-18-60(87)69(98)78-43(5)63(75)92)81-68(97)58(38-62(74)91)84-70(99)61(37-46-22-27-52(90)28-23-46)86(7)71(100)59(40-88)85-67(96)57(36-48-14-12-29-76-39-48)83-66(95)56(34-45-20-25-51(73)26-21-45)82-65(94)55(79-44(6)89)35-47-19-24-49-15-8-9-16-50(49)33-47;1-23-11-9-18(26)14-17(23)5-6-19-21-8-7-20(16-4-3-13-25-15-16)24(21,2)12-10-22(19)23;1-2(3)4/h8-9,12,14-16,19-29,33,39,41-43,53-61,77,88,90H,10-11,13,17-18,30-32,34-38,40H2,1-7H3,(H2,74,91)(H2,75,92)(H,78,98)(H,79,89)(H,80,93)(H,81,97)(H,82,94)(H,83,95)(H,84,99)(H,85,96);3-5,7,13,15,18-19,21-22,26H,6,8-12,14H2,1-2H3;1H3,(H,3,4)/t43-,53+,54+,55-,56-,57-,58-,59+,60+,61+;18-,19-,21-,22-,23-,24+;/m10./s1. The Morgan fingerprint density at radius 1 is 0.588 bits per heavy atom. The average Bonchev–Trinajstić information content (AvgIpc) is 1.55. The Bertz CT molecular complexity index is 5040. The molecule has 131 heavy (non-hydrogen) atoms. The molecule has 0 radical (unpaired) electrons. The number of aliphatic hydroxyl groups excluding tert-OH is 2. The zero-order valence-corrected chi connectivity index (χ0v) is 77.2. The lowest BCUT2D eigenvalue weighted by Gasteiger charge is -2.57. The number of allylic oxidation sites excluding steroid dienone is 3. The Kier molecular flexibility index (Phi) is 37.8. The summed E-state index contributed by atoms with van der Waals surface area (Å²) in [5.41, 5.74) is 18.2. The van der Waals surface area contributed by atoms with Gasteiger partial charge in [0.1, 0.15) is 66.2 Å². The number of amides is 12. The Balaban J connectivity index is 0.000000534.